The van der Waals surface area contributed by atoms with E-state index in [1.54, 1.807) is 6.07 Å². The minimum atomic E-state index is -2.52. The number of phenolic OH excluding ortho intramolecular Hbond substituents is 1. The van der Waals surface area contributed by atoms with Crippen molar-refractivity contribution in [2.24, 2.45) is 0 Å². The predicted octanol–water partition coefficient (Wildman–Crippen LogP) is 6.20. The van der Waals surface area contributed by atoms with Gasteiger partial charge in [-0.2, -0.15) is 0 Å². The van der Waals surface area contributed by atoms with Crippen LogP contribution < -0.4 is 27.0 Å². The molecule has 1 aromatic rings. The Hall–Kier alpha value is -0.173. The molecule has 1 aromatic carbocycles. The molecule has 0 fully saturated rings. The van der Waals surface area contributed by atoms with E-state index in [2.05, 4.69) is 62.3 Å². The molecule has 0 amide bonds. The summed E-state index contributed by atoms with van der Waals surface area (Å²) in [5.74, 6) is 1.27. The van der Waals surface area contributed by atoms with Gasteiger partial charge in [0.1, 0.15) is 11.1 Å². The van der Waals surface area contributed by atoms with Gasteiger partial charge in [0.05, 0.1) is 29.3 Å². The Kier molecular flexibility index (Phi) is 17.1. The van der Waals surface area contributed by atoms with Crippen molar-refractivity contribution in [3.05, 3.63) is 18.2 Å². The number of halogens is 1. The van der Waals surface area contributed by atoms with Gasteiger partial charge in [-0.1, -0.05) is 25.7 Å². The van der Waals surface area contributed by atoms with Gasteiger partial charge in [-0.05, 0) is 108 Å². The predicted molar refractivity (Wildman–Crippen MR) is 173 cm³/mol. The second-order valence-corrected chi connectivity index (χ2v) is 22.1. The molecule has 0 unspecified atom stereocenters. The van der Waals surface area contributed by atoms with Crippen molar-refractivity contribution in [2.75, 3.05) is 26.4 Å². The van der Waals surface area contributed by atoms with Gasteiger partial charge in [-0.15, -0.1) is 0 Å². The van der Waals surface area contributed by atoms with Crippen molar-refractivity contribution in [1.29, 1.82) is 0 Å². The molecule has 0 heterocycles. The van der Waals surface area contributed by atoms with E-state index >= 15 is 0 Å². The molecule has 1 rings (SSSR count). The number of benzene rings is 1. The van der Waals surface area contributed by atoms with E-state index in [-0.39, 0.29) is 32.4 Å². The van der Waals surface area contributed by atoms with Crippen molar-refractivity contribution in [1.82, 2.24) is 0 Å². The SMILES string of the molecule is CCO[Si](CCCCCCCCOc1ccc(O)cc1[P+](C(C)(C)C)(C(C)(C)C)C(C)(C)C)(OCC)OCC.[Br-]. The molecular formula is C32H62BrO5PSi. The Morgan fingerprint density at radius 1 is 0.675 bits per heavy atom. The van der Waals surface area contributed by atoms with Crippen molar-refractivity contribution in [3.8, 4) is 11.5 Å². The van der Waals surface area contributed by atoms with Crippen LogP contribution in [0.15, 0.2) is 18.2 Å². The fourth-order valence-corrected chi connectivity index (χ4v) is 19.0. The topological polar surface area (TPSA) is 57.2 Å². The highest BCUT2D eigenvalue weighted by molar-refractivity contribution is 7.87. The zero-order valence-corrected chi connectivity index (χ0v) is 31.4. The second kappa shape index (κ2) is 17.2. The summed E-state index contributed by atoms with van der Waals surface area (Å²) in [7, 11) is -4.40. The van der Waals surface area contributed by atoms with Crippen molar-refractivity contribution in [3.63, 3.8) is 0 Å². The first kappa shape index (κ1) is 39.8. The van der Waals surface area contributed by atoms with Crippen LogP contribution in [0.2, 0.25) is 6.04 Å². The van der Waals surface area contributed by atoms with E-state index in [4.69, 9.17) is 18.0 Å². The Morgan fingerprint density at radius 2 is 1.10 bits per heavy atom. The monoisotopic (exact) mass is 664 g/mol. The first-order valence-electron chi connectivity index (χ1n) is 15.3. The molecule has 0 saturated heterocycles. The van der Waals surface area contributed by atoms with Crippen LogP contribution in [0.5, 0.6) is 11.5 Å². The molecule has 0 bridgehead atoms. The van der Waals surface area contributed by atoms with E-state index in [0.29, 0.717) is 32.2 Å². The Morgan fingerprint density at radius 3 is 1.52 bits per heavy atom. The molecule has 0 aliphatic carbocycles. The third-order valence-corrected chi connectivity index (χ3v) is 17.8. The molecule has 40 heavy (non-hydrogen) atoms. The lowest BCUT2D eigenvalue weighted by Crippen LogP contribution is -3.00. The van der Waals surface area contributed by atoms with Crippen molar-refractivity contribution >= 4 is 21.4 Å². The minimum Gasteiger partial charge on any atom is -1.00 e. The smallest absolute Gasteiger partial charge is 0.500 e. The second-order valence-electron chi connectivity index (χ2n) is 13.5. The summed E-state index contributed by atoms with van der Waals surface area (Å²) < 4.78 is 24.5. The van der Waals surface area contributed by atoms with Gasteiger partial charge >= 0.3 is 8.80 Å². The highest BCUT2D eigenvalue weighted by Gasteiger charge is 2.67. The maximum Gasteiger partial charge on any atom is 0.500 e. The average molecular weight is 666 g/mol. The third kappa shape index (κ3) is 10.2. The molecule has 8 heteroatoms. The molecule has 0 aliphatic heterocycles. The summed E-state index contributed by atoms with van der Waals surface area (Å²) in [6, 6.07) is 6.67. The largest absolute Gasteiger partial charge is 1.00 e. The minimum absolute atomic E-state index is 0. The van der Waals surface area contributed by atoms with Gasteiger partial charge in [0, 0.05) is 31.9 Å². The number of ether oxygens (including phenoxy) is 1. The van der Waals surface area contributed by atoms with E-state index in [1.165, 1.54) is 24.6 Å². The van der Waals surface area contributed by atoms with Crippen LogP contribution in [-0.2, 0) is 13.3 Å². The Labute approximate surface area is 260 Å². The highest BCUT2D eigenvalue weighted by atomic mass is 79.9. The van der Waals surface area contributed by atoms with Crippen LogP contribution in [0.3, 0.4) is 0 Å². The normalized spacial score (nSPS) is 13.3. The maximum atomic E-state index is 10.6. The summed E-state index contributed by atoms with van der Waals surface area (Å²) in [5, 5.41) is 11.9. The molecule has 0 atom stereocenters. The number of hydrogen-bond donors (Lipinski definition) is 1. The molecule has 1 N–H and O–H groups in total. The summed E-state index contributed by atoms with van der Waals surface area (Å²) in [6.45, 7) is 30.0. The molecule has 0 spiro atoms. The summed E-state index contributed by atoms with van der Waals surface area (Å²) in [6.07, 6.45) is 6.82. The van der Waals surface area contributed by atoms with E-state index in [9.17, 15) is 5.11 Å². The van der Waals surface area contributed by atoms with Crippen LogP contribution in [0.25, 0.3) is 0 Å². The molecule has 0 radical (unpaired) electrons. The fraction of sp³-hybridized carbons (Fsp3) is 0.812. The number of aromatic hydroxyl groups is 1. The van der Waals surface area contributed by atoms with Crippen molar-refractivity contribution < 1.29 is 40.1 Å². The van der Waals surface area contributed by atoms with E-state index in [0.717, 1.165) is 31.1 Å². The van der Waals surface area contributed by atoms with Crippen LogP contribution in [0.1, 0.15) is 122 Å². The van der Waals surface area contributed by atoms with Gasteiger partial charge in [-0.3, -0.25) is 0 Å². The van der Waals surface area contributed by atoms with Crippen LogP contribution in [-0.4, -0.2) is 55.8 Å². The zero-order chi connectivity index (χ0) is 30.0. The Bertz CT molecular complexity index is 792. The molecular weight excluding hydrogens is 603 g/mol. The number of hydrogen-bond acceptors (Lipinski definition) is 5. The quantitative estimate of drug-likeness (QED) is 0.122. The fourth-order valence-electron chi connectivity index (χ4n) is 7.33. The summed E-state index contributed by atoms with van der Waals surface area (Å²) in [5.41, 5.74) is 0. The number of rotatable bonds is 17. The number of unbranched alkanes of at least 4 members (excludes halogenated alkanes) is 5. The first-order valence-corrected chi connectivity index (χ1v) is 19.0. The van der Waals surface area contributed by atoms with Crippen molar-refractivity contribution in [2.45, 2.75) is 143 Å². The molecule has 0 aromatic heterocycles. The van der Waals surface area contributed by atoms with Gasteiger partial charge in [0.2, 0.25) is 0 Å². The van der Waals surface area contributed by atoms with Crippen LogP contribution in [0, 0.1) is 0 Å². The summed E-state index contributed by atoms with van der Waals surface area (Å²) >= 11 is 0. The van der Waals surface area contributed by atoms with Gasteiger partial charge in [0.15, 0.2) is 5.75 Å². The molecule has 5 nitrogen and oxygen atoms in total. The lowest BCUT2D eigenvalue weighted by atomic mass is 10.1. The molecule has 0 saturated carbocycles. The maximum absolute atomic E-state index is 10.6. The van der Waals surface area contributed by atoms with Gasteiger partial charge in [-0.25, -0.2) is 0 Å². The van der Waals surface area contributed by atoms with Gasteiger partial charge in [0.25, 0.3) is 0 Å². The highest BCUT2D eigenvalue weighted by Crippen LogP contribution is 2.83. The van der Waals surface area contributed by atoms with Crippen LogP contribution in [0.4, 0.5) is 0 Å². The van der Waals surface area contributed by atoms with Crippen LogP contribution >= 0.6 is 7.26 Å². The Balaban J connectivity index is 0.0000152. The standard InChI is InChI=1S/C32H61O5PSi.BrH/c1-13-35-39(36-14-2,37-15-3)25-21-19-17-16-18-20-24-34-28-23-22-27(33)26-29(28)38(30(4,5)6,31(7,8)9)32(10,11)12;/h22-23,26H,13-21,24-25H2,1-12H3;1H. The first-order chi connectivity index (χ1) is 18.0. The van der Waals surface area contributed by atoms with E-state index < -0.39 is 16.1 Å². The molecule has 236 valence electrons. The lowest BCUT2D eigenvalue weighted by Gasteiger charge is -2.54. The van der Waals surface area contributed by atoms with E-state index in [1.807, 2.05) is 32.9 Å². The van der Waals surface area contributed by atoms with Gasteiger partial charge < -0.3 is 40.1 Å². The third-order valence-electron chi connectivity index (χ3n) is 7.55. The summed E-state index contributed by atoms with van der Waals surface area (Å²) in [4.78, 5) is 0. The zero-order valence-electron chi connectivity index (χ0n) is 27.9. The average Bonchev–Trinajstić information content (AvgIpc) is 2.77. The lowest BCUT2D eigenvalue weighted by molar-refractivity contribution is -0.0000221. The number of phenols is 1. The molecule has 0 aliphatic rings.